The molecule has 1 amide bonds. The molecule has 0 bridgehead atoms. The van der Waals surface area contributed by atoms with E-state index < -0.39 is 10.0 Å². The Morgan fingerprint density at radius 3 is 2.45 bits per heavy atom. The molecule has 1 aliphatic rings. The van der Waals surface area contributed by atoms with Gasteiger partial charge < -0.3 is 9.64 Å². The minimum absolute atomic E-state index is 0.0369. The fraction of sp³-hybridized carbons (Fsp3) is 0.381. The van der Waals surface area contributed by atoms with Crippen LogP contribution in [0.15, 0.2) is 47.4 Å². The van der Waals surface area contributed by atoms with Crippen LogP contribution in [0.4, 0.5) is 0 Å². The van der Waals surface area contributed by atoms with Gasteiger partial charge in [0.2, 0.25) is 15.9 Å². The number of hydrogen-bond donors (Lipinski definition) is 0. The molecule has 0 atom stereocenters. The maximum absolute atomic E-state index is 12.8. The molecule has 0 N–H and O–H groups in total. The third-order valence-corrected chi connectivity index (χ3v) is 7.36. The highest BCUT2D eigenvalue weighted by atomic mass is 35.5. The van der Waals surface area contributed by atoms with E-state index in [0.29, 0.717) is 19.7 Å². The summed E-state index contributed by atoms with van der Waals surface area (Å²) in [4.78, 5) is 14.3. The monoisotopic (exact) mass is 436 g/mol. The third kappa shape index (κ3) is 5.10. The Morgan fingerprint density at radius 1 is 1.07 bits per heavy atom. The molecule has 0 aliphatic carbocycles. The molecule has 2 aromatic carbocycles. The Hall–Kier alpha value is -2.09. The summed E-state index contributed by atoms with van der Waals surface area (Å²) < 4.78 is 32.7. The lowest BCUT2D eigenvalue weighted by atomic mass is 10.1. The highest BCUT2D eigenvalue weighted by Crippen LogP contribution is 2.25. The van der Waals surface area contributed by atoms with Crippen molar-refractivity contribution < 1.29 is 17.9 Å². The van der Waals surface area contributed by atoms with E-state index in [4.69, 9.17) is 16.3 Å². The summed E-state index contributed by atoms with van der Waals surface area (Å²) in [5.41, 5.74) is 2.13. The molecule has 0 unspecified atom stereocenters. The quantitative estimate of drug-likeness (QED) is 0.697. The number of ether oxygens (including phenoxy) is 1. The van der Waals surface area contributed by atoms with Gasteiger partial charge in [-0.25, -0.2) is 8.42 Å². The fourth-order valence-electron chi connectivity index (χ4n) is 3.24. The Balaban J connectivity index is 1.52. The molecule has 0 saturated carbocycles. The lowest BCUT2D eigenvalue weighted by molar-refractivity contribution is -0.132. The lowest BCUT2D eigenvalue weighted by Crippen LogP contribution is -2.50. The Kier molecular flexibility index (Phi) is 6.82. The summed E-state index contributed by atoms with van der Waals surface area (Å²) in [5, 5.41) is 0.203. The number of piperazine rings is 1. The van der Waals surface area contributed by atoms with Crippen LogP contribution in [-0.2, 0) is 14.8 Å². The topological polar surface area (TPSA) is 66.9 Å². The normalized spacial score (nSPS) is 15.3. The van der Waals surface area contributed by atoms with Crippen LogP contribution in [0.5, 0.6) is 5.75 Å². The number of nitrogens with zero attached hydrogens (tertiary/aromatic N) is 2. The zero-order valence-electron chi connectivity index (χ0n) is 16.6. The Labute approximate surface area is 177 Å². The van der Waals surface area contributed by atoms with Gasteiger partial charge in [-0.3, -0.25) is 4.79 Å². The molecular weight excluding hydrogens is 412 g/mol. The molecule has 29 heavy (non-hydrogen) atoms. The zero-order valence-corrected chi connectivity index (χ0v) is 18.2. The van der Waals surface area contributed by atoms with E-state index in [1.165, 1.54) is 10.4 Å². The Bertz CT molecular complexity index is 986. The summed E-state index contributed by atoms with van der Waals surface area (Å²) in [7, 11) is -3.66. The van der Waals surface area contributed by atoms with Crippen molar-refractivity contribution in [2.45, 2.75) is 25.2 Å². The van der Waals surface area contributed by atoms with Gasteiger partial charge in [0, 0.05) is 26.2 Å². The standard InChI is InChI=1S/C21H25ClN2O4S/c1-16-7-8-17(2)19(15-16)28-14-9-21(25)23-10-12-24(13-11-23)29(26,27)20-6-4-3-5-18(20)22/h3-8,15H,9-14H2,1-2H3. The van der Waals surface area contributed by atoms with Crippen LogP contribution in [0.3, 0.4) is 0 Å². The van der Waals surface area contributed by atoms with E-state index in [-0.39, 0.29) is 35.3 Å². The molecule has 1 fully saturated rings. The molecule has 0 spiro atoms. The first kappa shape index (κ1) is 21.6. The average molecular weight is 437 g/mol. The first-order chi connectivity index (χ1) is 13.8. The molecule has 3 rings (SSSR count). The van der Waals surface area contributed by atoms with Crippen LogP contribution in [0.25, 0.3) is 0 Å². The number of hydrogen-bond acceptors (Lipinski definition) is 4. The van der Waals surface area contributed by atoms with Crippen molar-refractivity contribution in [1.82, 2.24) is 9.21 Å². The van der Waals surface area contributed by atoms with E-state index in [0.717, 1.165) is 16.9 Å². The lowest BCUT2D eigenvalue weighted by Gasteiger charge is -2.34. The highest BCUT2D eigenvalue weighted by Gasteiger charge is 2.31. The van der Waals surface area contributed by atoms with Gasteiger partial charge in [0.25, 0.3) is 0 Å². The summed E-state index contributed by atoms with van der Waals surface area (Å²) in [6.07, 6.45) is 0.255. The van der Waals surface area contributed by atoms with Gasteiger partial charge in [0.15, 0.2) is 0 Å². The molecular formula is C21H25ClN2O4S. The minimum Gasteiger partial charge on any atom is -0.493 e. The highest BCUT2D eigenvalue weighted by molar-refractivity contribution is 7.89. The zero-order chi connectivity index (χ0) is 21.0. The molecule has 8 heteroatoms. The van der Waals surface area contributed by atoms with Crippen LogP contribution in [-0.4, -0.2) is 56.3 Å². The summed E-state index contributed by atoms with van der Waals surface area (Å²) in [6, 6.07) is 12.4. The second-order valence-corrected chi connectivity index (χ2v) is 9.40. The molecule has 156 valence electrons. The number of sulfonamides is 1. The fourth-order valence-corrected chi connectivity index (χ4v) is 5.16. The van der Waals surface area contributed by atoms with Crippen molar-refractivity contribution in [3.05, 3.63) is 58.6 Å². The molecule has 6 nitrogen and oxygen atoms in total. The van der Waals surface area contributed by atoms with E-state index in [9.17, 15) is 13.2 Å². The van der Waals surface area contributed by atoms with E-state index in [2.05, 4.69) is 0 Å². The van der Waals surface area contributed by atoms with Crippen molar-refractivity contribution in [1.29, 1.82) is 0 Å². The van der Waals surface area contributed by atoms with Gasteiger partial charge in [-0.05, 0) is 43.2 Å². The third-order valence-electron chi connectivity index (χ3n) is 4.96. The van der Waals surface area contributed by atoms with Gasteiger partial charge in [-0.2, -0.15) is 4.31 Å². The second kappa shape index (κ2) is 9.15. The molecule has 1 heterocycles. The summed E-state index contributed by atoms with van der Waals surface area (Å²) in [5.74, 6) is 0.749. The number of rotatable bonds is 6. The van der Waals surface area contributed by atoms with E-state index >= 15 is 0 Å². The van der Waals surface area contributed by atoms with Crippen LogP contribution in [0, 0.1) is 13.8 Å². The maximum atomic E-state index is 12.8. The van der Waals surface area contributed by atoms with Gasteiger partial charge >= 0.3 is 0 Å². The van der Waals surface area contributed by atoms with Crippen molar-refractivity contribution in [3.8, 4) is 5.75 Å². The number of aryl methyl sites for hydroxylation is 2. The smallest absolute Gasteiger partial charge is 0.244 e. The number of carbonyl (C=O) groups excluding carboxylic acids is 1. The van der Waals surface area contributed by atoms with Gasteiger partial charge in [-0.15, -0.1) is 0 Å². The molecule has 1 saturated heterocycles. The van der Waals surface area contributed by atoms with Crippen molar-refractivity contribution in [2.75, 3.05) is 32.8 Å². The van der Waals surface area contributed by atoms with E-state index in [1.54, 1.807) is 23.1 Å². The Morgan fingerprint density at radius 2 is 1.76 bits per heavy atom. The molecule has 1 aliphatic heterocycles. The predicted molar refractivity (Wildman–Crippen MR) is 113 cm³/mol. The number of amides is 1. The van der Waals surface area contributed by atoms with Crippen LogP contribution in [0.2, 0.25) is 5.02 Å². The van der Waals surface area contributed by atoms with Crippen LogP contribution < -0.4 is 4.74 Å². The van der Waals surface area contributed by atoms with E-state index in [1.807, 2.05) is 32.0 Å². The molecule has 2 aromatic rings. The largest absolute Gasteiger partial charge is 0.493 e. The first-order valence-corrected chi connectivity index (χ1v) is 11.3. The van der Waals surface area contributed by atoms with Crippen molar-refractivity contribution >= 4 is 27.5 Å². The van der Waals surface area contributed by atoms with Gasteiger partial charge in [0.1, 0.15) is 10.6 Å². The molecule has 0 aromatic heterocycles. The second-order valence-electron chi connectivity index (χ2n) is 7.08. The van der Waals surface area contributed by atoms with Gasteiger partial charge in [0.05, 0.1) is 18.1 Å². The van der Waals surface area contributed by atoms with Crippen molar-refractivity contribution in [2.24, 2.45) is 0 Å². The minimum atomic E-state index is -3.66. The van der Waals surface area contributed by atoms with Crippen LogP contribution >= 0.6 is 11.6 Å². The predicted octanol–water partition coefficient (Wildman–Crippen LogP) is 3.26. The summed E-state index contributed by atoms with van der Waals surface area (Å²) in [6.45, 7) is 5.45. The average Bonchev–Trinajstić information content (AvgIpc) is 2.70. The first-order valence-electron chi connectivity index (χ1n) is 9.51. The molecule has 0 radical (unpaired) electrons. The number of benzene rings is 2. The van der Waals surface area contributed by atoms with Gasteiger partial charge in [-0.1, -0.05) is 35.9 Å². The summed E-state index contributed by atoms with van der Waals surface area (Å²) >= 11 is 6.05. The number of carbonyl (C=O) groups is 1. The SMILES string of the molecule is Cc1ccc(C)c(OCCC(=O)N2CCN(S(=O)(=O)c3ccccc3Cl)CC2)c1. The number of halogens is 1. The maximum Gasteiger partial charge on any atom is 0.244 e. The van der Waals surface area contributed by atoms with Crippen molar-refractivity contribution in [3.63, 3.8) is 0 Å². The van der Waals surface area contributed by atoms with Crippen LogP contribution in [0.1, 0.15) is 17.5 Å².